The maximum atomic E-state index is 11.8. The Morgan fingerprint density at radius 2 is 1.87 bits per heavy atom. The van der Waals surface area contributed by atoms with Crippen molar-refractivity contribution in [2.75, 3.05) is 39.8 Å². The summed E-state index contributed by atoms with van der Waals surface area (Å²) in [5.74, 6) is 0. The van der Waals surface area contributed by atoms with E-state index < -0.39 is 0 Å². The fourth-order valence-electron chi connectivity index (χ4n) is 1.43. The van der Waals surface area contributed by atoms with Gasteiger partial charge in [-0.2, -0.15) is 0 Å². The average molecular weight is 214 g/mol. The van der Waals surface area contributed by atoms with Gasteiger partial charge in [-0.3, -0.25) is 0 Å². The minimum Gasteiger partial charge on any atom is -0.332 e. The highest BCUT2D eigenvalue weighted by atomic mass is 16.2. The van der Waals surface area contributed by atoms with Crippen molar-refractivity contribution >= 4 is 6.03 Å². The van der Waals surface area contributed by atoms with Crippen LogP contribution in [0.1, 0.15) is 13.8 Å². The molecule has 1 saturated heterocycles. The molecule has 0 unspecified atom stereocenters. The lowest BCUT2D eigenvalue weighted by Gasteiger charge is -2.35. The van der Waals surface area contributed by atoms with Crippen LogP contribution in [0.4, 0.5) is 4.79 Å². The normalized spacial score (nSPS) is 19.1. The Morgan fingerprint density at radius 3 is 2.33 bits per heavy atom. The van der Waals surface area contributed by atoms with Crippen molar-refractivity contribution in [3.05, 3.63) is 0 Å². The number of amides is 2. The lowest BCUT2D eigenvalue weighted by Crippen LogP contribution is -2.57. The van der Waals surface area contributed by atoms with Gasteiger partial charge in [-0.1, -0.05) is 0 Å². The van der Waals surface area contributed by atoms with Crippen LogP contribution >= 0.6 is 0 Å². The van der Waals surface area contributed by atoms with Crippen molar-refractivity contribution in [1.29, 1.82) is 0 Å². The molecule has 5 nitrogen and oxygen atoms in total. The summed E-state index contributed by atoms with van der Waals surface area (Å²) in [6, 6.07) is -0.00134. The molecule has 0 spiro atoms. The second-order valence-corrected chi connectivity index (χ2v) is 4.81. The van der Waals surface area contributed by atoms with Crippen LogP contribution in [0.3, 0.4) is 0 Å². The Kier molecular flexibility index (Phi) is 3.93. The Balaban J connectivity index is 2.41. The molecular formula is C10H22N4O. The second-order valence-electron chi connectivity index (χ2n) is 4.81. The molecule has 3 N–H and O–H groups in total. The van der Waals surface area contributed by atoms with E-state index in [0.717, 1.165) is 26.2 Å². The largest absolute Gasteiger partial charge is 0.332 e. The second kappa shape index (κ2) is 4.81. The smallest absolute Gasteiger partial charge is 0.317 e. The molecule has 1 heterocycles. The van der Waals surface area contributed by atoms with Crippen LogP contribution in [0.5, 0.6) is 0 Å². The molecule has 1 fully saturated rings. The van der Waals surface area contributed by atoms with Gasteiger partial charge in [0.2, 0.25) is 0 Å². The Labute approximate surface area is 91.6 Å². The van der Waals surface area contributed by atoms with Gasteiger partial charge in [-0.25, -0.2) is 4.79 Å². The quantitative estimate of drug-likeness (QED) is 0.662. The molecule has 5 heteroatoms. The molecule has 0 saturated carbocycles. The molecule has 1 aliphatic rings. The third-order valence-electron chi connectivity index (χ3n) is 2.75. The highest BCUT2D eigenvalue weighted by molar-refractivity contribution is 5.75. The number of nitrogens with one attached hydrogen (secondary N) is 1. The Morgan fingerprint density at radius 1 is 1.33 bits per heavy atom. The number of hydrogen-bond donors (Lipinski definition) is 2. The van der Waals surface area contributed by atoms with E-state index in [-0.39, 0.29) is 11.6 Å². The van der Waals surface area contributed by atoms with Crippen LogP contribution in [-0.2, 0) is 0 Å². The third-order valence-corrected chi connectivity index (χ3v) is 2.75. The number of likely N-dealkylation sites (N-methyl/N-ethyl adjacent to an activating group) is 1. The fourth-order valence-corrected chi connectivity index (χ4v) is 1.43. The third kappa shape index (κ3) is 3.68. The van der Waals surface area contributed by atoms with E-state index in [4.69, 9.17) is 5.73 Å². The SMILES string of the molecule is CN1CCN(C(=O)NC(C)(C)CN)CC1. The van der Waals surface area contributed by atoms with Crippen molar-refractivity contribution in [1.82, 2.24) is 15.1 Å². The fraction of sp³-hybridized carbons (Fsp3) is 0.900. The van der Waals surface area contributed by atoms with Gasteiger partial charge in [-0.15, -0.1) is 0 Å². The molecule has 0 aromatic carbocycles. The number of nitrogens with zero attached hydrogens (tertiary/aromatic N) is 2. The van der Waals surface area contributed by atoms with E-state index in [1.807, 2.05) is 18.7 Å². The first-order valence-electron chi connectivity index (χ1n) is 5.40. The molecule has 15 heavy (non-hydrogen) atoms. The average Bonchev–Trinajstić information content (AvgIpc) is 2.18. The van der Waals surface area contributed by atoms with E-state index in [9.17, 15) is 4.79 Å². The minimum absolute atomic E-state index is 0.00134. The number of carbonyl (C=O) groups is 1. The number of urea groups is 1. The zero-order chi connectivity index (χ0) is 11.5. The van der Waals surface area contributed by atoms with Crippen molar-refractivity contribution in [3.63, 3.8) is 0 Å². The van der Waals surface area contributed by atoms with Gasteiger partial charge in [0.15, 0.2) is 0 Å². The van der Waals surface area contributed by atoms with Crippen molar-refractivity contribution in [2.24, 2.45) is 5.73 Å². The van der Waals surface area contributed by atoms with Gasteiger partial charge in [0.05, 0.1) is 0 Å². The Hall–Kier alpha value is -0.810. The molecule has 0 aromatic heterocycles. The van der Waals surface area contributed by atoms with Crippen LogP contribution in [-0.4, -0.2) is 61.1 Å². The molecule has 0 aliphatic carbocycles. The highest BCUT2D eigenvalue weighted by Gasteiger charge is 2.24. The van der Waals surface area contributed by atoms with Gasteiger partial charge in [0, 0.05) is 38.3 Å². The number of nitrogens with two attached hydrogens (primary N) is 1. The van der Waals surface area contributed by atoms with Gasteiger partial charge >= 0.3 is 6.03 Å². The standard InChI is InChI=1S/C10H22N4O/c1-10(2,8-11)12-9(15)14-6-4-13(3)5-7-14/h4-8,11H2,1-3H3,(H,12,15). The van der Waals surface area contributed by atoms with E-state index in [0.29, 0.717) is 6.54 Å². The van der Waals surface area contributed by atoms with Crippen molar-refractivity contribution in [2.45, 2.75) is 19.4 Å². The highest BCUT2D eigenvalue weighted by Crippen LogP contribution is 2.03. The first kappa shape index (κ1) is 12.3. The topological polar surface area (TPSA) is 61.6 Å². The summed E-state index contributed by atoms with van der Waals surface area (Å²) in [7, 11) is 2.07. The monoisotopic (exact) mass is 214 g/mol. The first-order valence-corrected chi connectivity index (χ1v) is 5.40. The molecule has 0 atom stereocenters. The van der Waals surface area contributed by atoms with Crippen LogP contribution < -0.4 is 11.1 Å². The predicted molar refractivity (Wildman–Crippen MR) is 60.7 cm³/mol. The summed E-state index contributed by atoms with van der Waals surface area (Å²) >= 11 is 0. The molecule has 0 aromatic rings. The zero-order valence-corrected chi connectivity index (χ0v) is 9.92. The van der Waals surface area contributed by atoms with Crippen molar-refractivity contribution in [3.8, 4) is 0 Å². The van der Waals surface area contributed by atoms with Gasteiger partial charge in [-0.05, 0) is 20.9 Å². The summed E-state index contributed by atoms with van der Waals surface area (Å²) in [6.07, 6.45) is 0. The van der Waals surface area contributed by atoms with Crippen LogP contribution in [0.25, 0.3) is 0 Å². The van der Waals surface area contributed by atoms with Crippen LogP contribution in [0.2, 0.25) is 0 Å². The molecule has 2 amide bonds. The van der Waals surface area contributed by atoms with Crippen LogP contribution in [0.15, 0.2) is 0 Å². The number of rotatable bonds is 2. The van der Waals surface area contributed by atoms with Crippen LogP contribution in [0, 0.1) is 0 Å². The number of carbonyl (C=O) groups excluding carboxylic acids is 1. The zero-order valence-electron chi connectivity index (χ0n) is 9.92. The van der Waals surface area contributed by atoms with E-state index in [1.165, 1.54) is 0 Å². The Bertz CT molecular complexity index is 221. The molecule has 0 radical (unpaired) electrons. The summed E-state index contributed by atoms with van der Waals surface area (Å²) < 4.78 is 0. The lowest BCUT2D eigenvalue weighted by atomic mass is 10.1. The summed E-state index contributed by atoms with van der Waals surface area (Å²) in [6.45, 7) is 7.79. The maximum Gasteiger partial charge on any atom is 0.317 e. The molecular weight excluding hydrogens is 192 g/mol. The minimum atomic E-state index is -0.319. The molecule has 0 bridgehead atoms. The lowest BCUT2D eigenvalue weighted by molar-refractivity contribution is 0.148. The number of hydrogen-bond acceptors (Lipinski definition) is 3. The van der Waals surface area contributed by atoms with Gasteiger partial charge in [0.25, 0.3) is 0 Å². The maximum absolute atomic E-state index is 11.8. The summed E-state index contributed by atoms with van der Waals surface area (Å²) in [5, 5.41) is 2.93. The van der Waals surface area contributed by atoms with E-state index in [1.54, 1.807) is 0 Å². The van der Waals surface area contributed by atoms with E-state index in [2.05, 4.69) is 17.3 Å². The molecule has 1 aliphatic heterocycles. The molecule has 1 rings (SSSR count). The first-order chi connectivity index (χ1) is 6.94. The van der Waals surface area contributed by atoms with Crippen molar-refractivity contribution < 1.29 is 4.79 Å². The van der Waals surface area contributed by atoms with Gasteiger partial charge in [0.1, 0.15) is 0 Å². The summed E-state index contributed by atoms with van der Waals surface area (Å²) in [5.41, 5.74) is 5.25. The van der Waals surface area contributed by atoms with Gasteiger partial charge < -0.3 is 20.9 Å². The summed E-state index contributed by atoms with van der Waals surface area (Å²) in [4.78, 5) is 15.9. The molecule has 88 valence electrons. The number of piperazine rings is 1. The van der Waals surface area contributed by atoms with E-state index >= 15 is 0 Å². The predicted octanol–water partition coefficient (Wildman–Crippen LogP) is -0.319.